The summed E-state index contributed by atoms with van der Waals surface area (Å²) in [6.45, 7) is 6.93. The maximum absolute atomic E-state index is 13.0. The molecule has 10 heteroatoms. The smallest absolute Gasteiger partial charge is 0.357 e. The van der Waals surface area contributed by atoms with Gasteiger partial charge >= 0.3 is 5.97 Å². The van der Waals surface area contributed by atoms with Crippen molar-refractivity contribution in [3.8, 4) is 11.5 Å². The molecule has 0 saturated heterocycles. The van der Waals surface area contributed by atoms with Crippen molar-refractivity contribution in [1.82, 2.24) is 4.57 Å². The molecule has 2 heterocycles. The zero-order chi connectivity index (χ0) is 24.3. The number of methoxy groups -OCH3 is 2. The van der Waals surface area contributed by atoms with E-state index in [9.17, 15) is 14.4 Å². The monoisotopic (exact) mass is 473 g/mol. The molecule has 3 aromatic rings. The number of aryl methyl sites for hydroxylation is 2. The summed E-state index contributed by atoms with van der Waals surface area (Å²) in [5.74, 6) is -0.255. The molecule has 2 amide bonds. The van der Waals surface area contributed by atoms with Crippen molar-refractivity contribution in [1.29, 1.82) is 0 Å². The molecule has 0 aliphatic rings. The Bertz CT molecular complexity index is 1200. The summed E-state index contributed by atoms with van der Waals surface area (Å²) < 4.78 is 17.3. The minimum atomic E-state index is -0.613. The summed E-state index contributed by atoms with van der Waals surface area (Å²) in [6.07, 6.45) is 0. The second-order valence-electron chi connectivity index (χ2n) is 7.32. The molecule has 33 heavy (non-hydrogen) atoms. The molecule has 3 rings (SSSR count). The van der Waals surface area contributed by atoms with E-state index in [0.29, 0.717) is 27.7 Å². The number of anilines is 2. The minimum absolute atomic E-state index is 0.134. The summed E-state index contributed by atoms with van der Waals surface area (Å²) in [7, 11) is 3.04. The van der Waals surface area contributed by atoms with Gasteiger partial charge in [-0.1, -0.05) is 0 Å². The minimum Gasteiger partial charge on any atom is -0.497 e. The molecular weight excluding hydrogens is 446 g/mol. The average molecular weight is 474 g/mol. The third kappa shape index (κ3) is 4.95. The topological polar surface area (TPSA) is 108 Å². The van der Waals surface area contributed by atoms with Crippen LogP contribution in [0.5, 0.6) is 11.5 Å². The van der Waals surface area contributed by atoms with Gasteiger partial charge in [-0.25, -0.2) is 4.79 Å². The number of benzene rings is 1. The first-order valence-electron chi connectivity index (χ1n) is 10.3. The van der Waals surface area contributed by atoms with Crippen LogP contribution in [0.15, 0.2) is 18.2 Å². The van der Waals surface area contributed by atoms with Gasteiger partial charge in [0.1, 0.15) is 22.9 Å². The maximum atomic E-state index is 13.0. The van der Waals surface area contributed by atoms with Gasteiger partial charge in [-0.3, -0.25) is 9.59 Å². The van der Waals surface area contributed by atoms with Gasteiger partial charge in [-0.15, -0.1) is 11.3 Å². The molecule has 2 aromatic heterocycles. The Morgan fingerprint density at radius 1 is 1.03 bits per heavy atom. The van der Waals surface area contributed by atoms with Gasteiger partial charge in [0.2, 0.25) is 11.8 Å². The number of nitrogens with one attached hydrogen (secondary N) is 2. The first-order valence-corrected chi connectivity index (χ1v) is 11.1. The highest BCUT2D eigenvalue weighted by Crippen LogP contribution is 2.40. The number of esters is 1. The molecule has 0 aliphatic heterocycles. The second-order valence-corrected chi connectivity index (χ2v) is 8.53. The molecule has 0 radical (unpaired) electrons. The van der Waals surface area contributed by atoms with Gasteiger partial charge in [0, 0.05) is 41.1 Å². The molecule has 0 aliphatic carbocycles. The Hall–Kier alpha value is -3.53. The lowest BCUT2D eigenvalue weighted by Crippen LogP contribution is -2.23. The number of aromatic nitrogens is 1. The van der Waals surface area contributed by atoms with Gasteiger partial charge in [0.25, 0.3) is 0 Å². The molecule has 1 aromatic carbocycles. The lowest BCUT2D eigenvalue weighted by molar-refractivity contribution is -0.116. The first-order chi connectivity index (χ1) is 15.7. The van der Waals surface area contributed by atoms with Crippen molar-refractivity contribution < 1.29 is 28.6 Å². The Morgan fingerprint density at radius 2 is 1.67 bits per heavy atom. The number of carbonyl (C=O) groups excluding carboxylic acids is 3. The molecule has 176 valence electrons. The molecule has 0 atom stereocenters. The zero-order valence-corrected chi connectivity index (χ0v) is 20.3. The molecule has 0 fully saturated rings. The summed E-state index contributed by atoms with van der Waals surface area (Å²) in [5.41, 5.74) is 1.90. The molecule has 0 bridgehead atoms. The number of nitrogens with zero attached hydrogens (tertiary/aromatic N) is 1. The number of fused-ring (bicyclic) bond motifs is 1. The molecule has 0 unspecified atom stereocenters. The maximum Gasteiger partial charge on any atom is 0.357 e. The number of carbonyl (C=O) groups is 3. The normalized spacial score (nSPS) is 10.7. The lowest BCUT2D eigenvalue weighted by atomic mass is 10.2. The summed E-state index contributed by atoms with van der Waals surface area (Å²) in [6, 6.07) is 5.03. The Kier molecular flexibility index (Phi) is 7.27. The van der Waals surface area contributed by atoms with Crippen LogP contribution in [0, 0.1) is 13.8 Å². The van der Waals surface area contributed by atoms with Crippen LogP contribution in [0.1, 0.15) is 34.8 Å². The highest BCUT2D eigenvalue weighted by molar-refractivity contribution is 7.19. The van der Waals surface area contributed by atoms with Crippen LogP contribution in [0.25, 0.3) is 10.2 Å². The third-order valence-electron chi connectivity index (χ3n) is 5.08. The largest absolute Gasteiger partial charge is 0.497 e. The van der Waals surface area contributed by atoms with E-state index in [2.05, 4.69) is 10.6 Å². The fourth-order valence-electron chi connectivity index (χ4n) is 3.53. The number of thiophene rings is 1. The van der Waals surface area contributed by atoms with Crippen LogP contribution >= 0.6 is 11.3 Å². The van der Waals surface area contributed by atoms with E-state index >= 15 is 0 Å². The molecule has 0 saturated carbocycles. The van der Waals surface area contributed by atoms with Gasteiger partial charge < -0.3 is 29.4 Å². The van der Waals surface area contributed by atoms with Crippen LogP contribution < -0.4 is 20.1 Å². The van der Waals surface area contributed by atoms with Crippen LogP contribution in [0.2, 0.25) is 0 Å². The molecule has 2 N–H and O–H groups in total. The third-order valence-corrected chi connectivity index (χ3v) is 6.31. The van der Waals surface area contributed by atoms with E-state index in [1.54, 1.807) is 29.7 Å². The lowest BCUT2D eigenvalue weighted by Gasteiger charge is -2.13. The zero-order valence-electron chi connectivity index (χ0n) is 19.5. The van der Waals surface area contributed by atoms with Crippen molar-refractivity contribution in [2.75, 3.05) is 31.5 Å². The molecular formula is C23H27N3O6S. The van der Waals surface area contributed by atoms with Gasteiger partial charge in [0.15, 0.2) is 5.69 Å². The number of rotatable bonds is 8. The van der Waals surface area contributed by atoms with Crippen molar-refractivity contribution in [2.45, 2.75) is 34.2 Å². The Morgan fingerprint density at radius 3 is 2.21 bits per heavy atom. The standard InChI is InChI=1S/C23H27N3O6S/c1-7-32-23(29)21-20(24-14(4)27)19-12(2)13(3)33-22(19)26(21)11-18(28)25-15-8-16(30-5)10-17(9-15)31-6/h8-10H,7,11H2,1-6H3,(H,24,27)(H,25,28). The number of hydrogen-bond acceptors (Lipinski definition) is 7. The summed E-state index contributed by atoms with van der Waals surface area (Å²) in [5, 5.41) is 6.31. The Balaban J connectivity index is 2.07. The van der Waals surface area contributed by atoms with Crippen LogP contribution in [-0.2, 0) is 20.9 Å². The average Bonchev–Trinajstić information content (AvgIpc) is 3.21. The van der Waals surface area contributed by atoms with Crippen molar-refractivity contribution >= 4 is 50.7 Å². The summed E-state index contributed by atoms with van der Waals surface area (Å²) >= 11 is 1.45. The van der Waals surface area contributed by atoms with Crippen molar-refractivity contribution in [3.05, 3.63) is 34.3 Å². The predicted octanol–water partition coefficient (Wildman–Crippen LogP) is 4.11. The highest BCUT2D eigenvalue weighted by atomic mass is 32.1. The number of amides is 2. The van der Waals surface area contributed by atoms with Crippen molar-refractivity contribution in [2.24, 2.45) is 0 Å². The van der Waals surface area contributed by atoms with Gasteiger partial charge in [-0.05, 0) is 26.3 Å². The predicted molar refractivity (Wildman–Crippen MR) is 128 cm³/mol. The van der Waals surface area contributed by atoms with E-state index < -0.39 is 5.97 Å². The van der Waals surface area contributed by atoms with E-state index in [0.717, 1.165) is 15.8 Å². The van der Waals surface area contributed by atoms with E-state index in [4.69, 9.17) is 14.2 Å². The fourth-order valence-corrected chi connectivity index (χ4v) is 4.70. The Labute approximate surface area is 195 Å². The molecule has 9 nitrogen and oxygen atoms in total. The highest BCUT2D eigenvalue weighted by Gasteiger charge is 2.29. The first kappa shape index (κ1) is 24.1. The SMILES string of the molecule is CCOC(=O)c1c(NC(C)=O)c2c(C)c(C)sc2n1CC(=O)Nc1cc(OC)cc(OC)c1. The van der Waals surface area contributed by atoms with E-state index in [-0.39, 0.29) is 30.7 Å². The summed E-state index contributed by atoms with van der Waals surface area (Å²) in [4.78, 5) is 39.6. The fraction of sp³-hybridized carbons (Fsp3) is 0.348. The quantitative estimate of drug-likeness (QED) is 0.477. The van der Waals surface area contributed by atoms with Crippen LogP contribution in [0.3, 0.4) is 0 Å². The van der Waals surface area contributed by atoms with Gasteiger partial charge in [-0.2, -0.15) is 0 Å². The number of hydrogen-bond donors (Lipinski definition) is 2. The second kappa shape index (κ2) is 9.95. The molecule has 0 spiro atoms. The van der Waals surface area contributed by atoms with Crippen LogP contribution in [0.4, 0.5) is 11.4 Å². The van der Waals surface area contributed by atoms with E-state index in [1.165, 1.54) is 32.5 Å². The van der Waals surface area contributed by atoms with Crippen LogP contribution in [-0.4, -0.2) is 43.2 Å². The number of ether oxygens (including phenoxy) is 3. The van der Waals surface area contributed by atoms with E-state index in [1.807, 2.05) is 13.8 Å². The van der Waals surface area contributed by atoms with Crippen molar-refractivity contribution in [3.63, 3.8) is 0 Å². The van der Waals surface area contributed by atoms with Gasteiger partial charge in [0.05, 0.1) is 26.5 Å².